The first-order valence-corrected chi connectivity index (χ1v) is 5.18. The molecule has 0 aliphatic carbocycles. The second-order valence-corrected chi connectivity index (χ2v) is 3.57. The van der Waals surface area contributed by atoms with Crippen LogP contribution in [-0.2, 0) is 9.53 Å². The minimum atomic E-state index is 0.0668. The van der Waals surface area contributed by atoms with Gasteiger partial charge in [0.05, 0.1) is 6.20 Å². The van der Waals surface area contributed by atoms with Gasteiger partial charge in [-0.05, 0) is 31.4 Å². The highest BCUT2D eigenvalue weighted by Gasteiger charge is 2.15. The maximum absolute atomic E-state index is 10.1. The molecule has 0 amide bonds. The molecular weight excluding hydrogens is 192 g/mol. The fourth-order valence-electron chi connectivity index (χ4n) is 1.68. The Morgan fingerprint density at radius 2 is 2.47 bits per heavy atom. The predicted molar refractivity (Wildman–Crippen MR) is 56.2 cm³/mol. The first kappa shape index (κ1) is 10.1. The summed E-state index contributed by atoms with van der Waals surface area (Å²) in [5, 5.41) is 4.22. The molecule has 1 aromatic heterocycles. The molecule has 80 valence electrons. The smallest absolute Gasteiger partial charge is 0.150 e. The van der Waals surface area contributed by atoms with E-state index >= 15 is 0 Å². The van der Waals surface area contributed by atoms with Gasteiger partial charge in [-0.2, -0.15) is 5.10 Å². The molecule has 1 atom stereocenters. The molecule has 4 heteroatoms. The Bertz CT molecular complexity index is 351. The average Bonchev–Trinajstić information content (AvgIpc) is 2.76. The molecule has 1 aliphatic heterocycles. The Balaban J connectivity index is 2.05. The third-order valence-corrected chi connectivity index (χ3v) is 2.44. The second kappa shape index (κ2) is 4.89. The van der Waals surface area contributed by atoms with Crippen molar-refractivity contribution in [2.45, 2.75) is 25.5 Å². The number of carbonyl (C=O) groups is 1. The van der Waals surface area contributed by atoms with Crippen molar-refractivity contribution >= 4 is 12.4 Å². The van der Waals surface area contributed by atoms with Crippen LogP contribution in [0.2, 0.25) is 0 Å². The molecule has 1 aromatic rings. The number of aldehydes is 1. The van der Waals surface area contributed by atoms with Crippen LogP contribution in [0.5, 0.6) is 0 Å². The van der Waals surface area contributed by atoms with E-state index in [0.29, 0.717) is 0 Å². The molecule has 4 nitrogen and oxygen atoms in total. The summed E-state index contributed by atoms with van der Waals surface area (Å²) in [5.41, 5.74) is 0.927. The SMILES string of the molecule is O=CC=Cc1cnn([C@@H]2CCCCO2)c1. The Kier molecular flexibility index (Phi) is 3.29. The normalized spacial score (nSPS) is 22.0. The van der Waals surface area contributed by atoms with Crippen molar-refractivity contribution in [3.05, 3.63) is 24.0 Å². The highest BCUT2D eigenvalue weighted by Crippen LogP contribution is 2.21. The van der Waals surface area contributed by atoms with E-state index in [0.717, 1.165) is 31.3 Å². The number of hydrogen-bond donors (Lipinski definition) is 0. The van der Waals surface area contributed by atoms with Crippen LogP contribution in [0, 0.1) is 0 Å². The van der Waals surface area contributed by atoms with Crippen molar-refractivity contribution < 1.29 is 9.53 Å². The summed E-state index contributed by atoms with van der Waals surface area (Å²) >= 11 is 0. The number of ether oxygens (including phenoxy) is 1. The number of carbonyl (C=O) groups excluding carboxylic acids is 1. The molecule has 2 heterocycles. The van der Waals surface area contributed by atoms with Gasteiger partial charge >= 0.3 is 0 Å². The summed E-state index contributed by atoms with van der Waals surface area (Å²) in [6.45, 7) is 0.810. The first-order valence-electron chi connectivity index (χ1n) is 5.18. The van der Waals surface area contributed by atoms with Crippen LogP contribution in [0.4, 0.5) is 0 Å². The molecule has 0 spiro atoms. The van der Waals surface area contributed by atoms with E-state index in [-0.39, 0.29) is 6.23 Å². The molecule has 0 bridgehead atoms. The zero-order valence-corrected chi connectivity index (χ0v) is 8.50. The predicted octanol–water partition coefficient (Wildman–Crippen LogP) is 1.79. The molecule has 0 unspecified atom stereocenters. The zero-order valence-electron chi connectivity index (χ0n) is 8.50. The van der Waals surface area contributed by atoms with Gasteiger partial charge in [-0.1, -0.05) is 0 Å². The monoisotopic (exact) mass is 206 g/mol. The van der Waals surface area contributed by atoms with Crippen molar-refractivity contribution in [3.8, 4) is 0 Å². The van der Waals surface area contributed by atoms with Crippen molar-refractivity contribution in [2.75, 3.05) is 6.61 Å². The topological polar surface area (TPSA) is 44.1 Å². The quantitative estimate of drug-likeness (QED) is 0.559. The van der Waals surface area contributed by atoms with Crippen LogP contribution in [0.15, 0.2) is 18.5 Å². The molecule has 0 radical (unpaired) electrons. The molecule has 1 saturated heterocycles. The van der Waals surface area contributed by atoms with Gasteiger partial charge in [0.1, 0.15) is 12.5 Å². The summed E-state index contributed by atoms with van der Waals surface area (Å²) in [4.78, 5) is 10.1. The van der Waals surface area contributed by atoms with Crippen LogP contribution in [0.1, 0.15) is 31.1 Å². The van der Waals surface area contributed by atoms with Crippen LogP contribution in [-0.4, -0.2) is 22.7 Å². The maximum Gasteiger partial charge on any atom is 0.150 e. The standard InChI is InChI=1S/C11H14N2O2/c14-6-3-4-10-8-12-13(9-10)11-5-1-2-7-15-11/h3-4,6,8-9,11H,1-2,5,7H2/t11-/m0/s1. The van der Waals surface area contributed by atoms with Gasteiger partial charge in [0.2, 0.25) is 0 Å². The first-order chi connectivity index (χ1) is 7.40. The lowest BCUT2D eigenvalue weighted by Gasteiger charge is -2.22. The number of aromatic nitrogens is 2. The summed E-state index contributed by atoms with van der Waals surface area (Å²) in [6.07, 6.45) is 11.0. The largest absolute Gasteiger partial charge is 0.357 e. The molecule has 15 heavy (non-hydrogen) atoms. The van der Waals surface area contributed by atoms with E-state index in [1.807, 2.05) is 10.9 Å². The highest BCUT2D eigenvalue weighted by atomic mass is 16.5. The molecular formula is C11H14N2O2. The van der Waals surface area contributed by atoms with E-state index in [4.69, 9.17) is 4.74 Å². The molecule has 1 fully saturated rings. The Hall–Kier alpha value is -1.42. The maximum atomic E-state index is 10.1. The minimum Gasteiger partial charge on any atom is -0.357 e. The van der Waals surface area contributed by atoms with Gasteiger partial charge < -0.3 is 4.74 Å². The number of allylic oxidation sites excluding steroid dienone is 1. The summed E-state index contributed by atoms with van der Waals surface area (Å²) < 4.78 is 7.41. The zero-order chi connectivity index (χ0) is 10.5. The molecule has 0 aromatic carbocycles. The van der Waals surface area contributed by atoms with E-state index < -0.39 is 0 Å². The fourth-order valence-corrected chi connectivity index (χ4v) is 1.68. The van der Waals surface area contributed by atoms with Gasteiger partial charge in [0.25, 0.3) is 0 Å². The van der Waals surface area contributed by atoms with Crippen molar-refractivity contribution in [2.24, 2.45) is 0 Å². The van der Waals surface area contributed by atoms with Crippen LogP contribution in [0.3, 0.4) is 0 Å². The second-order valence-electron chi connectivity index (χ2n) is 3.57. The highest BCUT2D eigenvalue weighted by molar-refractivity contribution is 5.73. The lowest BCUT2D eigenvalue weighted by molar-refractivity contribution is -0.104. The van der Waals surface area contributed by atoms with E-state index in [2.05, 4.69) is 5.10 Å². The third-order valence-electron chi connectivity index (χ3n) is 2.44. The van der Waals surface area contributed by atoms with Crippen LogP contribution < -0.4 is 0 Å². The average molecular weight is 206 g/mol. The lowest BCUT2D eigenvalue weighted by atomic mass is 10.2. The summed E-state index contributed by atoms with van der Waals surface area (Å²) in [7, 11) is 0. The van der Waals surface area contributed by atoms with E-state index in [1.54, 1.807) is 12.3 Å². The minimum absolute atomic E-state index is 0.0668. The molecule has 0 N–H and O–H groups in total. The molecule has 0 saturated carbocycles. The fraction of sp³-hybridized carbons (Fsp3) is 0.455. The third kappa shape index (κ3) is 2.53. The van der Waals surface area contributed by atoms with E-state index in [9.17, 15) is 4.79 Å². The Labute approximate surface area is 88.5 Å². The Morgan fingerprint density at radius 1 is 1.53 bits per heavy atom. The van der Waals surface area contributed by atoms with E-state index in [1.165, 1.54) is 12.5 Å². The lowest BCUT2D eigenvalue weighted by Crippen LogP contribution is -2.18. The Morgan fingerprint density at radius 3 is 3.20 bits per heavy atom. The van der Waals surface area contributed by atoms with Crippen LogP contribution in [0.25, 0.3) is 6.08 Å². The number of nitrogens with zero attached hydrogens (tertiary/aromatic N) is 2. The van der Waals surface area contributed by atoms with Crippen LogP contribution >= 0.6 is 0 Å². The number of rotatable bonds is 3. The molecule has 2 rings (SSSR count). The summed E-state index contributed by atoms with van der Waals surface area (Å²) in [6, 6.07) is 0. The van der Waals surface area contributed by atoms with Gasteiger partial charge in [0.15, 0.2) is 0 Å². The van der Waals surface area contributed by atoms with Crippen molar-refractivity contribution in [3.63, 3.8) is 0 Å². The summed E-state index contributed by atoms with van der Waals surface area (Å²) in [5.74, 6) is 0. The van der Waals surface area contributed by atoms with Crippen molar-refractivity contribution in [1.82, 2.24) is 9.78 Å². The van der Waals surface area contributed by atoms with Gasteiger partial charge in [0, 0.05) is 18.4 Å². The number of hydrogen-bond acceptors (Lipinski definition) is 3. The van der Waals surface area contributed by atoms with Crippen molar-refractivity contribution in [1.29, 1.82) is 0 Å². The molecule has 1 aliphatic rings. The van der Waals surface area contributed by atoms with Gasteiger partial charge in [-0.25, -0.2) is 4.68 Å². The van der Waals surface area contributed by atoms with Gasteiger partial charge in [-0.15, -0.1) is 0 Å². The van der Waals surface area contributed by atoms with Gasteiger partial charge in [-0.3, -0.25) is 4.79 Å².